The Morgan fingerprint density at radius 3 is 2.84 bits per heavy atom. The Labute approximate surface area is 115 Å². The van der Waals surface area contributed by atoms with E-state index >= 15 is 0 Å². The maximum atomic E-state index is 9.06. The summed E-state index contributed by atoms with van der Waals surface area (Å²) in [7, 11) is 0. The van der Waals surface area contributed by atoms with Crippen molar-refractivity contribution < 1.29 is 14.6 Å². The summed E-state index contributed by atoms with van der Waals surface area (Å²) in [5.74, 6) is 3.31. The number of aryl methyl sites for hydroxylation is 1. The van der Waals surface area contributed by atoms with Gasteiger partial charge in [0.05, 0.1) is 13.2 Å². The van der Waals surface area contributed by atoms with Crippen LogP contribution in [0.25, 0.3) is 11.6 Å². The van der Waals surface area contributed by atoms with Gasteiger partial charge in [0.1, 0.15) is 12.4 Å². The molecule has 2 N–H and O–H groups in total. The predicted octanol–water partition coefficient (Wildman–Crippen LogP) is 0.928. The zero-order chi connectivity index (χ0) is 13.7. The van der Waals surface area contributed by atoms with Crippen LogP contribution in [0.4, 0.5) is 0 Å². The number of nitrogens with zero attached hydrogens (tertiary/aromatic N) is 3. The van der Waals surface area contributed by atoms with Crippen molar-refractivity contribution in [3.8, 4) is 11.6 Å². The van der Waals surface area contributed by atoms with E-state index < -0.39 is 0 Å². The van der Waals surface area contributed by atoms with Gasteiger partial charge < -0.3 is 14.6 Å². The van der Waals surface area contributed by atoms with Crippen LogP contribution in [-0.4, -0.2) is 43.6 Å². The van der Waals surface area contributed by atoms with E-state index in [0.717, 1.165) is 18.0 Å². The second kappa shape index (κ2) is 6.74. The number of thioether (sulfide) groups is 1. The molecule has 2 aromatic rings. The number of aromatic nitrogens is 3. The van der Waals surface area contributed by atoms with E-state index in [4.69, 9.17) is 14.6 Å². The van der Waals surface area contributed by atoms with Crippen molar-refractivity contribution in [2.75, 3.05) is 18.6 Å². The molecule has 0 atom stereocenters. The molecule has 0 spiro atoms. The molecule has 104 valence electrons. The summed E-state index contributed by atoms with van der Waals surface area (Å²) in [6.07, 6.45) is 2.81. The molecule has 0 amide bonds. The summed E-state index contributed by atoms with van der Waals surface area (Å²) in [4.78, 5) is 4.44. The van der Waals surface area contributed by atoms with Crippen LogP contribution in [-0.2, 0) is 19.6 Å². The number of aliphatic hydroxyl groups excluding tert-OH is 2. The zero-order valence-electron chi connectivity index (χ0n) is 10.7. The Morgan fingerprint density at radius 1 is 1.37 bits per heavy atom. The Kier molecular flexibility index (Phi) is 5.00. The smallest absolute Gasteiger partial charge is 0.194 e. The SMILES string of the molecule is CSCCc1nc(-c2ccc(CO)o2)n(CCO)n1. The van der Waals surface area contributed by atoms with Crippen LogP contribution in [0.1, 0.15) is 11.6 Å². The van der Waals surface area contributed by atoms with Crippen LogP contribution in [0, 0.1) is 0 Å². The Bertz CT molecular complexity index is 524. The molecule has 0 saturated carbocycles. The second-order valence-electron chi connectivity index (χ2n) is 3.97. The van der Waals surface area contributed by atoms with Crippen molar-refractivity contribution in [3.63, 3.8) is 0 Å². The Balaban J connectivity index is 2.28. The van der Waals surface area contributed by atoms with Crippen LogP contribution >= 0.6 is 11.8 Å². The van der Waals surface area contributed by atoms with Gasteiger partial charge in [-0.3, -0.25) is 0 Å². The highest BCUT2D eigenvalue weighted by Crippen LogP contribution is 2.21. The first-order valence-corrected chi connectivity index (χ1v) is 7.41. The van der Waals surface area contributed by atoms with E-state index in [1.165, 1.54) is 0 Å². The molecule has 0 aromatic carbocycles. The fraction of sp³-hybridized carbons (Fsp3) is 0.500. The minimum Gasteiger partial charge on any atom is -0.455 e. The summed E-state index contributed by atoms with van der Waals surface area (Å²) < 4.78 is 7.10. The third-order valence-corrected chi connectivity index (χ3v) is 3.21. The van der Waals surface area contributed by atoms with Crippen LogP contribution < -0.4 is 0 Å². The van der Waals surface area contributed by atoms with Crippen LogP contribution in [0.15, 0.2) is 16.5 Å². The molecule has 0 aliphatic rings. The molecule has 0 aliphatic carbocycles. The minimum absolute atomic E-state index is 0.00804. The van der Waals surface area contributed by atoms with Gasteiger partial charge in [0.2, 0.25) is 0 Å². The van der Waals surface area contributed by atoms with Crippen molar-refractivity contribution in [3.05, 3.63) is 23.7 Å². The molecule has 7 heteroatoms. The molecule has 0 fully saturated rings. The van der Waals surface area contributed by atoms with Crippen molar-refractivity contribution in [2.24, 2.45) is 0 Å². The summed E-state index contributed by atoms with van der Waals surface area (Å²) in [5, 5.41) is 22.4. The minimum atomic E-state index is -0.145. The predicted molar refractivity (Wildman–Crippen MR) is 72.8 cm³/mol. The molecule has 0 bridgehead atoms. The van der Waals surface area contributed by atoms with Gasteiger partial charge in [0.25, 0.3) is 0 Å². The molecular weight excluding hydrogens is 266 g/mol. The van der Waals surface area contributed by atoms with Crippen LogP contribution in [0.5, 0.6) is 0 Å². The van der Waals surface area contributed by atoms with Crippen molar-refractivity contribution in [1.29, 1.82) is 0 Å². The van der Waals surface area contributed by atoms with Gasteiger partial charge in [-0.25, -0.2) is 9.67 Å². The van der Waals surface area contributed by atoms with E-state index in [-0.39, 0.29) is 13.2 Å². The molecule has 6 nitrogen and oxygen atoms in total. The quantitative estimate of drug-likeness (QED) is 0.786. The standard InChI is InChI=1S/C12H17N3O3S/c1-19-7-4-11-13-12(15(14-11)5-6-16)10-3-2-9(8-17)18-10/h2-3,16-17H,4-8H2,1H3. The van der Waals surface area contributed by atoms with Gasteiger partial charge in [-0.15, -0.1) is 0 Å². The van der Waals surface area contributed by atoms with E-state index in [0.29, 0.717) is 23.9 Å². The van der Waals surface area contributed by atoms with E-state index in [1.807, 2.05) is 6.26 Å². The van der Waals surface area contributed by atoms with Gasteiger partial charge in [-0.1, -0.05) is 0 Å². The molecular formula is C12H17N3O3S. The lowest BCUT2D eigenvalue weighted by Crippen LogP contribution is -2.06. The van der Waals surface area contributed by atoms with E-state index in [2.05, 4.69) is 10.1 Å². The molecule has 2 rings (SSSR count). The largest absolute Gasteiger partial charge is 0.455 e. The lowest BCUT2D eigenvalue weighted by atomic mass is 10.4. The first-order chi connectivity index (χ1) is 9.28. The number of hydrogen-bond donors (Lipinski definition) is 2. The summed E-state index contributed by atoms with van der Waals surface area (Å²) >= 11 is 1.73. The second-order valence-corrected chi connectivity index (χ2v) is 4.95. The molecule has 0 aliphatic heterocycles. The lowest BCUT2D eigenvalue weighted by Gasteiger charge is -2.00. The maximum absolute atomic E-state index is 9.06. The number of aliphatic hydroxyl groups is 2. The molecule has 0 unspecified atom stereocenters. The van der Waals surface area contributed by atoms with Gasteiger partial charge in [-0.05, 0) is 18.4 Å². The first kappa shape index (κ1) is 14.1. The summed E-state index contributed by atoms with van der Waals surface area (Å²) in [6, 6.07) is 3.46. The molecule has 19 heavy (non-hydrogen) atoms. The number of hydrogen-bond acceptors (Lipinski definition) is 6. The van der Waals surface area contributed by atoms with Gasteiger partial charge in [0, 0.05) is 12.2 Å². The van der Waals surface area contributed by atoms with Gasteiger partial charge >= 0.3 is 0 Å². The van der Waals surface area contributed by atoms with Crippen LogP contribution in [0.3, 0.4) is 0 Å². The van der Waals surface area contributed by atoms with Crippen LogP contribution in [0.2, 0.25) is 0 Å². The molecule has 0 saturated heterocycles. The monoisotopic (exact) mass is 283 g/mol. The van der Waals surface area contributed by atoms with Crippen molar-refractivity contribution in [1.82, 2.24) is 14.8 Å². The third kappa shape index (κ3) is 3.37. The fourth-order valence-electron chi connectivity index (χ4n) is 1.70. The Morgan fingerprint density at radius 2 is 2.21 bits per heavy atom. The van der Waals surface area contributed by atoms with Gasteiger partial charge in [0.15, 0.2) is 17.4 Å². The van der Waals surface area contributed by atoms with E-state index in [9.17, 15) is 0 Å². The Hall–Kier alpha value is -1.31. The highest BCUT2D eigenvalue weighted by Gasteiger charge is 2.15. The summed E-state index contributed by atoms with van der Waals surface area (Å²) in [6.45, 7) is 0.218. The number of rotatable bonds is 7. The lowest BCUT2D eigenvalue weighted by molar-refractivity contribution is 0.247. The zero-order valence-corrected chi connectivity index (χ0v) is 11.6. The normalized spacial score (nSPS) is 11.1. The van der Waals surface area contributed by atoms with Crippen molar-refractivity contribution >= 4 is 11.8 Å². The van der Waals surface area contributed by atoms with Gasteiger partial charge in [-0.2, -0.15) is 16.9 Å². The first-order valence-electron chi connectivity index (χ1n) is 6.02. The summed E-state index contributed by atoms with van der Waals surface area (Å²) in [5.41, 5.74) is 0. The highest BCUT2D eigenvalue weighted by molar-refractivity contribution is 7.98. The fourth-order valence-corrected chi connectivity index (χ4v) is 2.09. The maximum Gasteiger partial charge on any atom is 0.194 e. The number of furan rings is 1. The van der Waals surface area contributed by atoms with Crippen molar-refractivity contribution in [2.45, 2.75) is 19.6 Å². The topological polar surface area (TPSA) is 84.3 Å². The van der Waals surface area contributed by atoms with E-state index in [1.54, 1.807) is 28.6 Å². The molecule has 2 aromatic heterocycles. The average Bonchev–Trinajstić information content (AvgIpc) is 3.03. The average molecular weight is 283 g/mol. The third-order valence-electron chi connectivity index (χ3n) is 2.60. The molecule has 0 radical (unpaired) electrons. The molecule has 2 heterocycles. The highest BCUT2D eigenvalue weighted by atomic mass is 32.2.